The van der Waals surface area contributed by atoms with Crippen LogP contribution in [0.25, 0.3) is 0 Å². The molecule has 3 heteroatoms. The van der Waals surface area contributed by atoms with Crippen LogP contribution in [-0.2, 0) is 9.53 Å². The highest BCUT2D eigenvalue weighted by molar-refractivity contribution is 5.68. The SMILES string of the molecule is [2H]C([2H])([2H])OC(=O)CCCCCCNC. The summed E-state index contributed by atoms with van der Waals surface area (Å²) >= 11 is 0. The molecule has 0 atom stereocenters. The summed E-state index contributed by atoms with van der Waals surface area (Å²) in [6.45, 7) is 0.972. The Morgan fingerprint density at radius 3 is 2.83 bits per heavy atom. The Bertz CT molecular complexity index is 183. The third kappa shape index (κ3) is 7.54. The Morgan fingerprint density at radius 2 is 2.17 bits per heavy atom. The highest BCUT2D eigenvalue weighted by atomic mass is 16.5. The third-order valence-corrected chi connectivity index (χ3v) is 1.67. The van der Waals surface area contributed by atoms with Gasteiger partial charge in [0.1, 0.15) is 0 Å². The lowest BCUT2D eigenvalue weighted by Crippen LogP contribution is -2.07. The van der Waals surface area contributed by atoms with Crippen LogP contribution in [-0.4, -0.2) is 26.6 Å². The second-order valence-electron chi connectivity index (χ2n) is 2.74. The quantitative estimate of drug-likeness (QED) is 0.470. The molecule has 0 rings (SSSR count). The molecule has 12 heavy (non-hydrogen) atoms. The van der Waals surface area contributed by atoms with E-state index in [1.165, 1.54) is 0 Å². The van der Waals surface area contributed by atoms with Crippen molar-refractivity contribution in [2.45, 2.75) is 32.1 Å². The highest BCUT2D eigenvalue weighted by Crippen LogP contribution is 2.02. The summed E-state index contributed by atoms with van der Waals surface area (Å²) in [4.78, 5) is 11.0. The van der Waals surface area contributed by atoms with Gasteiger partial charge in [0.2, 0.25) is 0 Å². The molecular formula is C9H19NO2. The van der Waals surface area contributed by atoms with E-state index < -0.39 is 13.0 Å². The molecule has 0 aromatic carbocycles. The van der Waals surface area contributed by atoms with Crippen LogP contribution in [0.3, 0.4) is 0 Å². The van der Waals surface area contributed by atoms with E-state index in [1.54, 1.807) is 0 Å². The minimum Gasteiger partial charge on any atom is -0.469 e. The van der Waals surface area contributed by atoms with Crippen LogP contribution in [0.2, 0.25) is 0 Å². The van der Waals surface area contributed by atoms with E-state index in [0.29, 0.717) is 6.42 Å². The number of unbranched alkanes of at least 4 members (excludes halogenated alkanes) is 3. The van der Waals surface area contributed by atoms with Gasteiger partial charge in [-0.25, -0.2) is 0 Å². The van der Waals surface area contributed by atoms with Gasteiger partial charge in [0.25, 0.3) is 0 Å². The average Bonchev–Trinajstić information content (AvgIpc) is 2.08. The predicted molar refractivity (Wildman–Crippen MR) is 49.0 cm³/mol. The molecule has 0 aromatic rings. The van der Waals surface area contributed by atoms with Crippen LogP contribution in [0.15, 0.2) is 0 Å². The molecule has 0 aliphatic rings. The van der Waals surface area contributed by atoms with Gasteiger partial charge in [-0.15, -0.1) is 0 Å². The number of ether oxygens (including phenoxy) is 1. The number of hydrogen-bond donors (Lipinski definition) is 1. The second kappa shape index (κ2) is 8.53. The fourth-order valence-electron chi connectivity index (χ4n) is 0.976. The maximum atomic E-state index is 11.0. The number of rotatable bonds is 7. The summed E-state index contributed by atoms with van der Waals surface area (Å²) in [5, 5.41) is 3.03. The molecule has 0 heterocycles. The molecular weight excluding hydrogens is 154 g/mol. The van der Waals surface area contributed by atoms with Crippen LogP contribution in [0.1, 0.15) is 36.2 Å². The lowest BCUT2D eigenvalue weighted by Gasteiger charge is -2.00. The normalized spacial score (nSPS) is 14.6. The first-order valence-corrected chi connectivity index (χ1v) is 4.32. The first-order chi connectivity index (χ1) is 6.95. The Hall–Kier alpha value is -0.570. The molecule has 1 N–H and O–H groups in total. The van der Waals surface area contributed by atoms with Gasteiger partial charge < -0.3 is 10.1 Å². The maximum absolute atomic E-state index is 11.0. The van der Waals surface area contributed by atoms with Crippen molar-refractivity contribution < 1.29 is 13.6 Å². The van der Waals surface area contributed by atoms with Crippen LogP contribution in [0, 0.1) is 0 Å². The van der Waals surface area contributed by atoms with Gasteiger partial charge in [0.05, 0.1) is 11.2 Å². The smallest absolute Gasteiger partial charge is 0.305 e. The fraction of sp³-hybridized carbons (Fsp3) is 0.889. The van der Waals surface area contributed by atoms with Crippen molar-refractivity contribution in [1.82, 2.24) is 5.32 Å². The lowest BCUT2D eigenvalue weighted by molar-refractivity contribution is -0.140. The zero-order valence-corrected chi connectivity index (χ0v) is 7.56. The first kappa shape index (κ1) is 6.89. The van der Waals surface area contributed by atoms with Gasteiger partial charge >= 0.3 is 5.97 Å². The van der Waals surface area contributed by atoms with Gasteiger partial charge in [-0.3, -0.25) is 4.79 Å². The van der Waals surface area contributed by atoms with E-state index in [-0.39, 0.29) is 6.42 Å². The molecule has 0 unspecified atom stereocenters. The van der Waals surface area contributed by atoms with E-state index in [4.69, 9.17) is 4.11 Å². The third-order valence-electron chi connectivity index (χ3n) is 1.67. The summed E-state index contributed by atoms with van der Waals surface area (Å²) in [7, 11) is -0.698. The Labute approximate surface area is 78.7 Å². The topological polar surface area (TPSA) is 38.3 Å². The largest absolute Gasteiger partial charge is 0.469 e. The Morgan fingerprint density at radius 1 is 1.42 bits per heavy atom. The molecule has 72 valence electrons. The number of hydrogen-bond acceptors (Lipinski definition) is 3. The number of nitrogens with one attached hydrogen (secondary N) is 1. The molecule has 0 radical (unpaired) electrons. The van der Waals surface area contributed by atoms with Crippen molar-refractivity contribution in [2.24, 2.45) is 0 Å². The van der Waals surface area contributed by atoms with E-state index in [0.717, 1.165) is 25.8 Å². The van der Waals surface area contributed by atoms with Crippen LogP contribution < -0.4 is 5.32 Å². The van der Waals surface area contributed by atoms with E-state index in [1.807, 2.05) is 7.05 Å². The molecule has 3 nitrogen and oxygen atoms in total. The van der Waals surface area contributed by atoms with Crippen LogP contribution in [0.4, 0.5) is 0 Å². The summed E-state index contributed by atoms with van der Waals surface area (Å²) in [6.07, 6.45) is 3.93. The fourth-order valence-corrected chi connectivity index (χ4v) is 0.976. The summed E-state index contributed by atoms with van der Waals surface area (Å²) < 4.78 is 24.4. The standard InChI is InChI=1S/C9H19NO2/c1-10-8-6-4-3-5-7-9(11)12-2/h10H,3-8H2,1-2H3/i2D3. The van der Waals surface area contributed by atoms with E-state index >= 15 is 0 Å². The monoisotopic (exact) mass is 176 g/mol. The van der Waals surface area contributed by atoms with Crippen molar-refractivity contribution in [2.75, 3.05) is 20.6 Å². The van der Waals surface area contributed by atoms with Crippen molar-refractivity contribution in [3.05, 3.63) is 0 Å². The Kier molecular flexibility index (Phi) is 4.90. The van der Waals surface area contributed by atoms with Gasteiger partial charge in [0, 0.05) is 6.42 Å². The second-order valence-corrected chi connectivity index (χ2v) is 2.74. The number of carbonyl (C=O) groups is 1. The lowest BCUT2D eigenvalue weighted by atomic mass is 10.1. The zero-order valence-electron chi connectivity index (χ0n) is 10.6. The molecule has 0 aliphatic heterocycles. The summed E-state index contributed by atoms with van der Waals surface area (Å²) in [5.74, 6) is -0.636. The maximum Gasteiger partial charge on any atom is 0.305 e. The van der Waals surface area contributed by atoms with Crippen molar-refractivity contribution >= 4 is 5.97 Å². The number of esters is 1. The summed E-state index contributed by atoms with van der Waals surface area (Å²) in [5.41, 5.74) is 0. The number of methoxy groups -OCH3 is 1. The summed E-state index contributed by atoms with van der Waals surface area (Å²) in [6, 6.07) is 0. The average molecular weight is 176 g/mol. The minimum absolute atomic E-state index is 0.192. The van der Waals surface area contributed by atoms with Gasteiger partial charge in [-0.1, -0.05) is 12.8 Å². The molecule has 0 aromatic heterocycles. The van der Waals surface area contributed by atoms with Crippen LogP contribution in [0.5, 0.6) is 0 Å². The highest BCUT2D eigenvalue weighted by Gasteiger charge is 1.98. The van der Waals surface area contributed by atoms with Crippen molar-refractivity contribution in [3.8, 4) is 0 Å². The molecule has 0 fully saturated rings. The zero-order chi connectivity index (χ0) is 11.7. The molecule has 0 aliphatic carbocycles. The van der Waals surface area contributed by atoms with E-state index in [9.17, 15) is 4.79 Å². The molecule has 0 saturated carbocycles. The van der Waals surface area contributed by atoms with Crippen LogP contribution >= 0.6 is 0 Å². The predicted octanol–water partition coefficient (Wildman–Crippen LogP) is 1.33. The molecule has 0 spiro atoms. The number of carbonyl (C=O) groups excluding carboxylic acids is 1. The van der Waals surface area contributed by atoms with Gasteiger partial charge in [-0.2, -0.15) is 0 Å². The van der Waals surface area contributed by atoms with Crippen molar-refractivity contribution in [1.29, 1.82) is 0 Å². The Balaban J connectivity index is 3.32. The minimum atomic E-state index is -2.59. The van der Waals surface area contributed by atoms with Gasteiger partial charge in [-0.05, 0) is 26.4 Å². The first-order valence-electron chi connectivity index (χ1n) is 5.82. The molecule has 0 bridgehead atoms. The molecule has 0 amide bonds. The van der Waals surface area contributed by atoms with Gasteiger partial charge in [0.15, 0.2) is 0 Å². The van der Waals surface area contributed by atoms with Crippen molar-refractivity contribution in [3.63, 3.8) is 0 Å². The molecule has 0 saturated heterocycles. The van der Waals surface area contributed by atoms with E-state index in [2.05, 4.69) is 10.1 Å².